The fraction of sp³-hybridized carbons (Fsp3) is 0.727. The summed E-state index contributed by atoms with van der Waals surface area (Å²) in [5.74, 6) is 2.32. The molecule has 0 amide bonds. The van der Waals surface area contributed by atoms with E-state index >= 15 is 0 Å². The van der Waals surface area contributed by atoms with Gasteiger partial charge in [-0.15, -0.1) is 0 Å². The first kappa shape index (κ1) is 10.5. The van der Waals surface area contributed by atoms with E-state index in [0.29, 0.717) is 5.92 Å². The third-order valence-corrected chi connectivity index (χ3v) is 3.17. The van der Waals surface area contributed by atoms with E-state index in [1.165, 1.54) is 12.0 Å². The highest BCUT2D eigenvalue weighted by Gasteiger charge is 2.41. The zero-order valence-corrected chi connectivity index (χ0v) is 9.87. The molecule has 1 aromatic rings. The van der Waals surface area contributed by atoms with E-state index in [0.717, 1.165) is 24.0 Å². The van der Waals surface area contributed by atoms with Gasteiger partial charge >= 0.3 is 0 Å². The molecule has 2 atom stereocenters. The van der Waals surface area contributed by atoms with Gasteiger partial charge in [0.2, 0.25) is 5.88 Å². The highest BCUT2D eigenvalue weighted by molar-refractivity contribution is 5.38. The Kier molecular flexibility index (Phi) is 2.69. The molecule has 15 heavy (non-hydrogen) atoms. The van der Waals surface area contributed by atoms with Gasteiger partial charge in [-0.25, -0.2) is 4.68 Å². The molecule has 2 rings (SSSR count). The van der Waals surface area contributed by atoms with Crippen LogP contribution in [0.15, 0.2) is 0 Å². The van der Waals surface area contributed by atoms with Gasteiger partial charge in [0.15, 0.2) is 0 Å². The second kappa shape index (κ2) is 3.85. The summed E-state index contributed by atoms with van der Waals surface area (Å²) in [5, 5.41) is 7.63. The van der Waals surface area contributed by atoms with Gasteiger partial charge in [0.1, 0.15) is 0 Å². The number of aryl methyl sites for hydroxylation is 2. The molecule has 0 aliphatic heterocycles. The minimum absolute atomic E-state index is 0.640. The quantitative estimate of drug-likeness (QED) is 0.806. The van der Waals surface area contributed by atoms with Gasteiger partial charge in [0.25, 0.3) is 0 Å². The first-order valence-electron chi connectivity index (χ1n) is 5.41. The maximum atomic E-state index is 5.40. The van der Waals surface area contributed by atoms with Crippen molar-refractivity contribution in [2.24, 2.45) is 13.0 Å². The largest absolute Gasteiger partial charge is 0.481 e. The molecule has 1 fully saturated rings. The zero-order chi connectivity index (χ0) is 11.0. The van der Waals surface area contributed by atoms with Crippen LogP contribution >= 0.6 is 0 Å². The third-order valence-electron chi connectivity index (χ3n) is 3.17. The molecule has 4 nitrogen and oxygen atoms in total. The number of rotatable bonds is 4. The molecule has 84 valence electrons. The van der Waals surface area contributed by atoms with Gasteiger partial charge in [0, 0.05) is 12.6 Å². The lowest BCUT2D eigenvalue weighted by Crippen LogP contribution is -2.10. The SMILES string of the molecule is CNCC1CC1c1c(C)nn(C)c1OC. The smallest absolute Gasteiger partial charge is 0.215 e. The van der Waals surface area contributed by atoms with Gasteiger partial charge in [-0.05, 0) is 38.8 Å². The lowest BCUT2D eigenvalue weighted by Gasteiger charge is -2.04. The van der Waals surface area contributed by atoms with Gasteiger partial charge in [-0.3, -0.25) is 0 Å². The van der Waals surface area contributed by atoms with E-state index in [4.69, 9.17) is 4.74 Å². The van der Waals surface area contributed by atoms with E-state index in [-0.39, 0.29) is 0 Å². The molecule has 4 heteroatoms. The van der Waals surface area contributed by atoms with Crippen molar-refractivity contribution in [1.82, 2.24) is 15.1 Å². The average molecular weight is 209 g/mol. The number of ether oxygens (including phenoxy) is 1. The molecule has 1 aliphatic rings. The van der Waals surface area contributed by atoms with Crippen molar-refractivity contribution in [3.63, 3.8) is 0 Å². The van der Waals surface area contributed by atoms with Crippen LogP contribution in [0.3, 0.4) is 0 Å². The fourth-order valence-electron chi connectivity index (χ4n) is 2.41. The lowest BCUT2D eigenvalue weighted by atomic mass is 10.1. The molecule has 1 heterocycles. The molecule has 1 aromatic heterocycles. The van der Waals surface area contributed by atoms with Crippen molar-refractivity contribution in [2.75, 3.05) is 20.7 Å². The molecule has 1 N–H and O–H groups in total. The van der Waals surface area contributed by atoms with Crippen molar-refractivity contribution in [3.8, 4) is 5.88 Å². The number of nitrogens with one attached hydrogen (secondary N) is 1. The number of hydrogen-bond donors (Lipinski definition) is 1. The standard InChI is InChI=1S/C11H19N3O/c1-7-10(9-5-8(9)6-12-2)11(15-4)14(3)13-7/h8-9,12H,5-6H2,1-4H3. The van der Waals surface area contributed by atoms with Crippen molar-refractivity contribution >= 4 is 0 Å². The second-order valence-electron chi connectivity index (χ2n) is 4.29. The second-order valence-corrected chi connectivity index (χ2v) is 4.29. The minimum Gasteiger partial charge on any atom is -0.481 e. The van der Waals surface area contributed by atoms with Crippen LogP contribution in [-0.2, 0) is 7.05 Å². The summed E-state index contributed by atoms with van der Waals surface area (Å²) in [7, 11) is 5.66. The third kappa shape index (κ3) is 1.74. The Morgan fingerprint density at radius 3 is 2.93 bits per heavy atom. The first-order chi connectivity index (χ1) is 7.19. The Balaban J connectivity index is 2.21. The van der Waals surface area contributed by atoms with E-state index in [1.807, 2.05) is 18.8 Å². The summed E-state index contributed by atoms with van der Waals surface area (Å²) in [5.41, 5.74) is 2.42. The van der Waals surface area contributed by atoms with E-state index in [1.54, 1.807) is 7.11 Å². The Morgan fingerprint density at radius 2 is 2.33 bits per heavy atom. The number of hydrogen-bond acceptors (Lipinski definition) is 3. The monoisotopic (exact) mass is 209 g/mol. The summed E-state index contributed by atoms with van der Waals surface area (Å²) in [6.07, 6.45) is 1.25. The molecule has 0 radical (unpaired) electrons. The minimum atomic E-state index is 0.640. The Hall–Kier alpha value is -1.03. The highest BCUT2D eigenvalue weighted by atomic mass is 16.5. The molecular weight excluding hydrogens is 190 g/mol. The number of nitrogens with zero attached hydrogens (tertiary/aromatic N) is 2. The zero-order valence-electron chi connectivity index (χ0n) is 9.87. The number of methoxy groups -OCH3 is 1. The van der Waals surface area contributed by atoms with Crippen LogP contribution in [0.1, 0.15) is 23.6 Å². The molecule has 1 saturated carbocycles. The molecule has 0 bridgehead atoms. The van der Waals surface area contributed by atoms with E-state index < -0.39 is 0 Å². The molecule has 0 spiro atoms. The van der Waals surface area contributed by atoms with Gasteiger partial charge < -0.3 is 10.1 Å². The number of aromatic nitrogens is 2. The summed E-state index contributed by atoms with van der Waals surface area (Å²) in [6, 6.07) is 0. The van der Waals surface area contributed by atoms with Crippen LogP contribution < -0.4 is 10.1 Å². The normalized spacial score (nSPS) is 24.3. The molecule has 0 saturated heterocycles. The molecular formula is C11H19N3O. The maximum absolute atomic E-state index is 5.40. The topological polar surface area (TPSA) is 39.1 Å². The van der Waals surface area contributed by atoms with Crippen molar-refractivity contribution in [3.05, 3.63) is 11.3 Å². The van der Waals surface area contributed by atoms with Gasteiger partial charge in [-0.1, -0.05) is 0 Å². The van der Waals surface area contributed by atoms with Crippen molar-refractivity contribution in [2.45, 2.75) is 19.3 Å². The van der Waals surface area contributed by atoms with Crippen LogP contribution in [0.5, 0.6) is 5.88 Å². The van der Waals surface area contributed by atoms with Crippen LogP contribution in [0.2, 0.25) is 0 Å². The molecule has 0 aromatic carbocycles. The fourth-order valence-corrected chi connectivity index (χ4v) is 2.41. The average Bonchev–Trinajstić information content (AvgIpc) is 2.86. The Morgan fingerprint density at radius 1 is 1.60 bits per heavy atom. The summed E-state index contributed by atoms with van der Waals surface area (Å²) in [6.45, 7) is 3.15. The van der Waals surface area contributed by atoms with Gasteiger partial charge in [0.05, 0.1) is 12.8 Å². The first-order valence-corrected chi connectivity index (χ1v) is 5.41. The maximum Gasteiger partial charge on any atom is 0.215 e. The van der Waals surface area contributed by atoms with Crippen molar-refractivity contribution < 1.29 is 4.74 Å². The van der Waals surface area contributed by atoms with Crippen LogP contribution in [0.25, 0.3) is 0 Å². The molecule has 1 aliphatic carbocycles. The Bertz CT molecular complexity index is 359. The van der Waals surface area contributed by atoms with E-state index in [9.17, 15) is 0 Å². The van der Waals surface area contributed by atoms with Crippen LogP contribution in [-0.4, -0.2) is 30.5 Å². The van der Waals surface area contributed by atoms with Crippen LogP contribution in [0, 0.1) is 12.8 Å². The summed E-state index contributed by atoms with van der Waals surface area (Å²) >= 11 is 0. The summed E-state index contributed by atoms with van der Waals surface area (Å²) < 4.78 is 7.24. The molecule has 2 unspecified atom stereocenters. The lowest BCUT2D eigenvalue weighted by molar-refractivity contribution is 0.369. The van der Waals surface area contributed by atoms with Crippen molar-refractivity contribution in [1.29, 1.82) is 0 Å². The summed E-state index contributed by atoms with van der Waals surface area (Å²) in [4.78, 5) is 0. The van der Waals surface area contributed by atoms with Gasteiger partial charge in [-0.2, -0.15) is 5.10 Å². The Labute approximate surface area is 90.6 Å². The predicted octanol–water partition coefficient (Wildman–Crippen LogP) is 1.06. The van der Waals surface area contributed by atoms with E-state index in [2.05, 4.69) is 17.3 Å². The van der Waals surface area contributed by atoms with Crippen LogP contribution in [0.4, 0.5) is 0 Å². The highest BCUT2D eigenvalue weighted by Crippen LogP contribution is 2.50. The predicted molar refractivity (Wildman–Crippen MR) is 59.3 cm³/mol.